The summed E-state index contributed by atoms with van der Waals surface area (Å²) in [6.07, 6.45) is 6.66. The highest BCUT2D eigenvalue weighted by Crippen LogP contribution is 2.34. The normalized spacial score (nSPS) is 10.9. The van der Waals surface area contributed by atoms with Crippen molar-refractivity contribution in [1.29, 1.82) is 0 Å². The Bertz CT molecular complexity index is 1440. The summed E-state index contributed by atoms with van der Waals surface area (Å²) in [5.74, 6) is 3.64. The van der Waals surface area contributed by atoms with Gasteiger partial charge in [0.1, 0.15) is 24.7 Å². The van der Waals surface area contributed by atoms with E-state index in [2.05, 4.69) is 62.9 Å². The van der Waals surface area contributed by atoms with E-state index in [0.29, 0.717) is 32.3 Å². The maximum atomic E-state index is 12.4. The zero-order valence-electron chi connectivity index (χ0n) is 20.1. The van der Waals surface area contributed by atoms with Crippen LogP contribution in [0.3, 0.4) is 0 Å². The molecule has 2 aromatic heterocycles. The van der Waals surface area contributed by atoms with Gasteiger partial charge in [-0.2, -0.15) is 5.10 Å². The van der Waals surface area contributed by atoms with Gasteiger partial charge in [0.25, 0.3) is 0 Å². The predicted molar refractivity (Wildman–Crippen MR) is 147 cm³/mol. The van der Waals surface area contributed by atoms with Gasteiger partial charge in [-0.15, -0.1) is 6.42 Å². The Morgan fingerprint density at radius 2 is 1.86 bits per heavy atom. The number of rotatable bonds is 9. The fourth-order valence-electron chi connectivity index (χ4n) is 3.63. The fourth-order valence-corrected chi connectivity index (χ4v) is 4.61. The van der Waals surface area contributed by atoms with Gasteiger partial charge in [-0.05, 0) is 96.0 Å². The van der Waals surface area contributed by atoms with Crippen LogP contribution in [0.15, 0.2) is 74.7 Å². The molecule has 0 aliphatic rings. The third kappa shape index (κ3) is 6.45. The van der Waals surface area contributed by atoms with Crippen molar-refractivity contribution < 1.29 is 18.7 Å². The van der Waals surface area contributed by atoms with Crippen molar-refractivity contribution in [3.05, 3.63) is 98.6 Å². The van der Waals surface area contributed by atoms with E-state index >= 15 is 0 Å². The minimum Gasteiger partial charge on any atom is -0.486 e. The summed E-state index contributed by atoms with van der Waals surface area (Å²) in [5.41, 5.74) is 6.46. The van der Waals surface area contributed by atoms with Gasteiger partial charge in [-0.1, -0.05) is 17.5 Å². The molecular weight excluding hydrogens is 558 g/mol. The monoisotopic (exact) mass is 579 g/mol. The Hall–Kier alpha value is -3.93. The molecule has 0 saturated carbocycles. The molecule has 7 nitrogen and oxygen atoms in total. The first-order valence-electron chi connectivity index (χ1n) is 11.2. The Morgan fingerprint density at radius 1 is 1.14 bits per heavy atom. The number of halogens is 2. The quantitative estimate of drug-likeness (QED) is 0.140. The predicted octanol–water partition coefficient (Wildman–Crippen LogP) is 6.46. The topological polar surface area (TPSA) is 78.0 Å². The standard InChI is InChI=1S/C28H23BrClN3O4/c1-4-13-35-27-24(29)14-20(15-25(27)30)16-31-32-28(34)26-12-11-23(37-26)17-36-22-9-7-21(8-10-22)33-18(2)5-6-19(33)3/h1,5-12,14-16H,13,17H2,2-3H3,(H,32,34)/b31-16+. The summed E-state index contributed by atoms with van der Waals surface area (Å²) >= 11 is 9.61. The van der Waals surface area contributed by atoms with Crippen molar-refractivity contribution in [2.24, 2.45) is 5.10 Å². The van der Waals surface area contributed by atoms with Gasteiger partial charge in [0.15, 0.2) is 11.5 Å². The second kappa shape index (κ2) is 11.9. The lowest BCUT2D eigenvalue weighted by Crippen LogP contribution is -2.16. The highest BCUT2D eigenvalue weighted by Gasteiger charge is 2.12. The van der Waals surface area contributed by atoms with E-state index < -0.39 is 5.91 Å². The van der Waals surface area contributed by atoms with Crippen LogP contribution in [0, 0.1) is 26.2 Å². The first-order valence-corrected chi connectivity index (χ1v) is 12.4. The first kappa shape index (κ1) is 26.1. The Morgan fingerprint density at radius 3 is 2.54 bits per heavy atom. The lowest BCUT2D eigenvalue weighted by molar-refractivity contribution is 0.0923. The number of hydrogen-bond donors (Lipinski definition) is 1. The molecule has 0 fully saturated rings. The zero-order valence-corrected chi connectivity index (χ0v) is 22.5. The van der Waals surface area contributed by atoms with Gasteiger partial charge in [0.05, 0.1) is 15.7 Å². The highest BCUT2D eigenvalue weighted by molar-refractivity contribution is 9.10. The van der Waals surface area contributed by atoms with Crippen molar-refractivity contribution in [3.63, 3.8) is 0 Å². The van der Waals surface area contributed by atoms with Gasteiger partial charge in [0.2, 0.25) is 0 Å². The van der Waals surface area contributed by atoms with Crippen molar-refractivity contribution in [2.45, 2.75) is 20.5 Å². The van der Waals surface area contributed by atoms with Crippen LogP contribution in [0.25, 0.3) is 5.69 Å². The highest BCUT2D eigenvalue weighted by atomic mass is 79.9. The van der Waals surface area contributed by atoms with Crippen LogP contribution in [-0.2, 0) is 6.61 Å². The molecule has 188 valence electrons. The number of ether oxygens (including phenoxy) is 2. The van der Waals surface area contributed by atoms with E-state index in [-0.39, 0.29) is 19.0 Å². The molecule has 0 saturated heterocycles. The number of hydrazone groups is 1. The number of nitrogens with one attached hydrogen (secondary N) is 1. The van der Waals surface area contributed by atoms with Crippen molar-refractivity contribution in [2.75, 3.05) is 6.61 Å². The van der Waals surface area contributed by atoms with Crippen LogP contribution >= 0.6 is 27.5 Å². The number of nitrogens with zero attached hydrogens (tertiary/aromatic N) is 2. The molecular formula is C28H23BrClN3O4. The van der Waals surface area contributed by atoms with E-state index in [1.165, 1.54) is 6.21 Å². The van der Waals surface area contributed by atoms with Crippen LogP contribution in [-0.4, -0.2) is 23.3 Å². The molecule has 0 radical (unpaired) electrons. The fraction of sp³-hybridized carbons (Fsp3) is 0.143. The number of amides is 1. The average molecular weight is 581 g/mol. The Labute approximate surface area is 228 Å². The maximum absolute atomic E-state index is 12.4. The minimum atomic E-state index is -0.497. The van der Waals surface area contributed by atoms with E-state index in [1.807, 2.05) is 24.3 Å². The zero-order chi connectivity index (χ0) is 26.4. The summed E-state index contributed by atoms with van der Waals surface area (Å²) < 4.78 is 19.6. The lowest BCUT2D eigenvalue weighted by atomic mass is 10.2. The molecule has 0 aliphatic carbocycles. The number of aromatic nitrogens is 1. The van der Waals surface area contributed by atoms with Crippen LogP contribution in [0.5, 0.6) is 11.5 Å². The van der Waals surface area contributed by atoms with Gasteiger partial charge in [0, 0.05) is 17.1 Å². The Balaban J connectivity index is 1.31. The number of carbonyl (C=O) groups is 1. The molecule has 1 N–H and O–H groups in total. The first-order chi connectivity index (χ1) is 17.9. The van der Waals surface area contributed by atoms with Crippen molar-refractivity contribution in [1.82, 2.24) is 9.99 Å². The van der Waals surface area contributed by atoms with Gasteiger partial charge < -0.3 is 18.5 Å². The van der Waals surface area contributed by atoms with Gasteiger partial charge >= 0.3 is 5.91 Å². The molecule has 1 amide bonds. The molecule has 9 heteroatoms. The van der Waals surface area contributed by atoms with Crippen LogP contribution in [0.4, 0.5) is 0 Å². The largest absolute Gasteiger partial charge is 0.486 e. The number of furan rings is 1. The summed E-state index contributed by atoms with van der Waals surface area (Å²) in [6, 6.07) is 18.6. The molecule has 0 aliphatic heterocycles. The number of aryl methyl sites for hydroxylation is 2. The molecule has 0 atom stereocenters. The molecule has 2 heterocycles. The van der Waals surface area contributed by atoms with Crippen LogP contribution in [0.2, 0.25) is 5.02 Å². The average Bonchev–Trinajstić information content (AvgIpc) is 3.49. The van der Waals surface area contributed by atoms with Crippen LogP contribution in [0.1, 0.15) is 33.3 Å². The third-order valence-corrected chi connectivity index (χ3v) is 6.20. The molecule has 4 aromatic rings. The molecule has 0 unspecified atom stereocenters. The second-order valence-electron chi connectivity index (χ2n) is 8.01. The van der Waals surface area contributed by atoms with E-state index in [4.69, 9.17) is 31.9 Å². The number of benzene rings is 2. The molecule has 2 aromatic carbocycles. The molecule has 4 rings (SSSR count). The summed E-state index contributed by atoms with van der Waals surface area (Å²) in [4.78, 5) is 12.4. The molecule has 0 spiro atoms. The van der Waals surface area contributed by atoms with Crippen LogP contribution < -0.4 is 14.9 Å². The van der Waals surface area contributed by atoms with Crippen molar-refractivity contribution >= 4 is 39.7 Å². The molecule has 0 bridgehead atoms. The SMILES string of the molecule is C#CCOc1c(Cl)cc(/C=N/NC(=O)c2ccc(COc3ccc(-n4c(C)ccc4C)cc3)o2)cc1Br. The smallest absolute Gasteiger partial charge is 0.307 e. The summed E-state index contributed by atoms with van der Waals surface area (Å²) in [7, 11) is 0. The van der Waals surface area contributed by atoms with Gasteiger partial charge in [-0.3, -0.25) is 4.79 Å². The van der Waals surface area contributed by atoms with Gasteiger partial charge in [-0.25, -0.2) is 5.43 Å². The molecule has 37 heavy (non-hydrogen) atoms. The number of terminal acetylenes is 1. The third-order valence-electron chi connectivity index (χ3n) is 5.33. The summed E-state index contributed by atoms with van der Waals surface area (Å²) in [5, 5.41) is 4.32. The van der Waals surface area contributed by atoms with Crippen molar-refractivity contribution in [3.8, 4) is 29.5 Å². The summed E-state index contributed by atoms with van der Waals surface area (Å²) in [6.45, 7) is 4.41. The van der Waals surface area contributed by atoms with E-state index in [0.717, 1.165) is 17.1 Å². The van der Waals surface area contributed by atoms with E-state index in [1.54, 1.807) is 24.3 Å². The Kier molecular flexibility index (Phi) is 8.39. The minimum absolute atomic E-state index is 0.0953. The number of hydrogen-bond acceptors (Lipinski definition) is 5. The maximum Gasteiger partial charge on any atom is 0.307 e. The lowest BCUT2D eigenvalue weighted by Gasteiger charge is -2.10. The van der Waals surface area contributed by atoms with E-state index in [9.17, 15) is 4.79 Å². The number of carbonyl (C=O) groups excluding carboxylic acids is 1. The second-order valence-corrected chi connectivity index (χ2v) is 9.27.